The molecule has 2 atom stereocenters. The number of aliphatic imine (C=N–C) groups is 1. The minimum Gasteiger partial charge on any atom is -0.363 e. The van der Waals surface area contributed by atoms with Crippen molar-refractivity contribution in [3.05, 3.63) is 17.5 Å². The number of guanidine groups is 1. The summed E-state index contributed by atoms with van der Waals surface area (Å²) in [6.45, 7) is 5.60. The minimum atomic E-state index is 0. The molecule has 2 aliphatic rings. The number of nitrogens with one attached hydrogen (secondary N) is 2. The molecule has 160 valence electrons. The van der Waals surface area contributed by atoms with Crippen molar-refractivity contribution in [2.24, 2.45) is 10.9 Å². The van der Waals surface area contributed by atoms with Gasteiger partial charge in [-0.1, -0.05) is 19.8 Å². The Hall–Kier alpha value is -0.540. The van der Waals surface area contributed by atoms with Gasteiger partial charge < -0.3 is 20.4 Å². The first-order chi connectivity index (χ1) is 13.0. The Bertz CT molecular complexity index is 598. The van der Waals surface area contributed by atoms with Gasteiger partial charge in [-0.05, 0) is 63.2 Å². The van der Waals surface area contributed by atoms with Gasteiger partial charge in [-0.25, -0.2) is 0 Å². The average Bonchev–Trinajstić information content (AvgIpc) is 3.20. The normalized spacial score (nSPS) is 26.8. The van der Waals surface area contributed by atoms with Gasteiger partial charge in [-0.15, -0.1) is 35.3 Å². The Balaban J connectivity index is 0.00000280. The molecule has 0 radical (unpaired) electrons. The maximum atomic E-state index is 4.51. The fraction of sp³-hybridized carbons (Fsp3) is 0.762. The largest absolute Gasteiger partial charge is 0.363 e. The summed E-state index contributed by atoms with van der Waals surface area (Å²) in [5.41, 5.74) is 0.248. The van der Waals surface area contributed by atoms with Crippen molar-refractivity contribution in [1.29, 1.82) is 0 Å². The number of likely N-dealkylation sites (N-methyl/N-ethyl adjacent to an activating group) is 1. The van der Waals surface area contributed by atoms with E-state index in [1.54, 1.807) is 0 Å². The van der Waals surface area contributed by atoms with Crippen molar-refractivity contribution in [1.82, 2.24) is 15.5 Å². The van der Waals surface area contributed by atoms with Crippen molar-refractivity contribution in [2.75, 3.05) is 45.7 Å². The Morgan fingerprint density at radius 3 is 2.64 bits per heavy atom. The lowest BCUT2D eigenvalue weighted by Crippen LogP contribution is -2.57. The number of thiophene rings is 1. The smallest absolute Gasteiger partial charge is 0.191 e. The lowest BCUT2D eigenvalue weighted by atomic mass is 9.75. The van der Waals surface area contributed by atoms with Crippen molar-refractivity contribution < 1.29 is 0 Å². The van der Waals surface area contributed by atoms with Crippen molar-refractivity contribution in [2.45, 2.75) is 57.0 Å². The number of nitrogens with zero attached hydrogens (tertiary/aromatic N) is 3. The van der Waals surface area contributed by atoms with Gasteiger partial charge in [-0.2, -0.15) is 0 Å². The molecule has 1 aromatic heterocycles. The van der Waals surface area contributed by atoms with E-state index in [-0.39, 0.29) is 29.5 Å². The average molecular weight is 520 g/mol. The lowest BCUT2D eigenvalue weighted by molar-refractivity contribution is 0.0795. The maximum Gasteiger partial charge on any atom is 0.191 e. The van der Waals surface area contributed by atoms with E-state index in [2.05, 4.69) is 64.0 Å². The molecule has 1 saturated heterocycles. The summed E-state index contributed by atoms with van der Waals surface area (Å²) in [5, 5.41) is 10.9. The number of anilines is 1. The van der Waals surface area contributed by atoms with E-state index in [1.165, 1.54) is 30.7 Å². The third-order valence-corrected chi connectivity index (χ3v) is 7.41. The van der Waals surface area contributed by atoms with Crippen LogP contribution in [0.3, 0.4) is 0 Å². The van der Waals surface area contributed by atoms with Gasteiger partial charge in [0, 0.05) is 38.3 Å². The van der Waals surface area contributed by atoms with Crippen LogP contribution in [0.1, 0.15) is 45.4 Å². The second kappa shape index (κ2) is 11.0. The summed E-state index contributed by atoms with van der Waals surface area (Å²) in [7, 11) is 6.36. The van der Waals surface area contributed by atoms with Crippen LogP contribution >= 0.6 is 35.3 Å². The van der Waals surface area contributed by atoms with E-state index in [1.807, 2.05) is 18.4 Å². The molecule has 0 spiro atoms. The van der Waals surface area contributed by atoms with Crippen LogP contribution in [0.25, 0.3) is 0 Å². The SMILES string of the molecule is CN=C(NCC1(N(C)C)CCCC(C)C1)NC1CCN(c2cccs2)CC1.I. The summed E-state index contributed by atoms with van der Waals surface area (Å²) in [4.78, 5) is 9.45. The third kappa shape index (κ3) is 5.98. The topological polar surface area (TPSA) is 42.9 Å². The Morgan fingerprint density at radius 2 is 2.07 bits per heavy atom. The Morgan fingerprint density at radius 1 is 1.32 bits per heavy atom. The highest BCUT2D eigenvalue weighted by molar-refractivity contribution is 14.0. The molecule has 2 heterocycles. The van der Waals surface area contributed by atoms with Crippen molar-refractivity contribution >= 4 is 46.3 Å². The number of piperidine rings is 1. The molecule has 0 bridgehead atoms. The van der Waals surface area contributed by atoms with E-state index in [4.69, 9.17) is 0 Å². The first-order valence-corrected chi connectivity index (χ1v) is 11.3. The number of hydrogen-bond acceptors (Lipinski definition) is 4. The van der Waals surface area contributed by atoms with Crippen LogP contribution in [0.5, 0.6) is 0 Å². The lowest BCUT2D eigenvalue weighted by Gasteiger charge is -2.45. The zero-order valence-corrected chi connectivity index (χ0v) is 21.1. The van der Waals surface area contributed by atoms with E-state index in [0.717, 1.165) is 44.4 Å². The molecule has 5 nitrogen and oxygen atoms in total. The van der Waals surface area contributed by atoms with Gasteiger partial charge in [0.1, 0.15) is 0 Å². The molecule has 1 aromatic rings. The molecule has 2 unspecified atom stereocenters. The predicted molar refractivity (Wildman–Crippen MR) is 134 cm³/mol. The van der Waals surface area contributed by atoms with Gasteiger partial charge in [0.25, 0.3) is 0 Å². The molecule has 7 heteroatoms. The molecule has 0 aromatic carbocycles. The van der Waals surface area contributed by atoms with E-state index in [0.29, 0.717) is 6.04 Å². The van der Waals surface area contributed by atoms with E-state index < -0.39 is 0 Å². The fourth-order valence-corrected chi connectivity index (χ4v) is 5.47. The highest BCUT2D eigenvalue weighted by Crippen LogP contribution is 2.35. The molecular formula is C21H38IN5S. The van der Waals surface area contributed by atoms with Crippen LogP contribution in [-0.2, 0) is 0 Å². The Kier molecular flexibility index (Phi) is 9.34. The van der Waals surface area contributed by atoms with Gasteiger partial charge in [-0.3, -0.25) is 4.99 Å². The van der Waals surface area contributed by atoms with Crippen LogP contribution in [0.2, 0.25) is 0 Å². The van der Waals surface area contributed by atoms with E-state index >= 15 is 0 Å². The molecule has 28 heavy (non-hydrogen) atoms. The molecule has 2 fully saturated rings. The highest BCUT2D eigenvalue weighted by atomic mass is 127. The predicted octanol–water partition coefficient (Wildman–Crippen LogP) is 4.01. The zero-order valence-electron chi connectivity index (χ0n) is 17.9. The van der Waals surface area contributed by atoms with Gasteiger partial charge in [0.2, 0.25) is 0 Å². The molecule has 1 saturated carbocycles. The van der Waals surface area contributed by atoms with Crippen LogP contribution in [0, 0.1) is 5.92 Å². The molecule has 1 aliphatic carbocycles. The number of hydrogen-bond donors (Lipinski definition) is 2. The van der Waals surface area contributed by atoms with Crippen LogP contribution < -0.4 is 15.5 Å². The summed E-state index contributed by atoms with van der Waals surface area (Å²) < 4.78 is 0. The van der Waals surface area contributed by atoms with Crippen molar-refractivity contribution in [3.63, 3.8) is 0 Å². The molecule has 3 rings (SSSR count). The van der Waals surface area contributed by atoms with Crippen molar-refractivity contribution in [3.8, 4) is 0 Å². The fourth-order valence-electron chi connectivity index (χ4n) is 4.69. The van der Waals surface area contributed by atoms with Gasteiger partial charge >= 0.3 is 0 Å². The minimum absolute atomic E-state index is 0. The van der Waals surface area contributed by atoms with Crippen LogP contribution in [0.4, 0.5) is 5.00 Å². The summed E-state index contributed by atoms with van der Waals surface area (Å²) in [5.74, 6) is 1.77. The monoisotopic (exact) mass is 519 g/mol. The number of rotatable bonds is 5. The number of halogens is 1. The first kappa shape index (κ1) is 23.7. The second-order valence-electron chi connectivity index (χ2n) is 8.60. The van der Waals surface area contributed by atoms with Crippen LogP contribution in [-0.4, -0.2) is 63.2 Å². The van der Waals surface area contributed by atoms with Crippen LogP contribution in [0.15, 0.2) is 22.5 Å². The molecular weight excluding hydrogens is 481 g/mol. The summed E-state index contributed by atoms with van der Waals surface area (Å²) in [6, 6.07) is 4.88. The molecule has 1 aliphatic heterocycles. The van der Waals surface area contributed by atoms with Gasteiger partial charge in [0.15, 0.2) is 5.96 Å². The maximum absolute atomic E-state index is 4.51. The quantitative estimate of drug-likeness (QED) is 0.351. The highest BCUT2D eigenvalue weighted by Gasteiger charge is 2.37. The first-order valence-electron chi connectivity index (χ1n) is 10.5. The summed E-state index contributed by atoms with van der Waals surface area (Å²) in [6.07, 6.45) is 7.55. The standard InChI is InChI=1S/C21H37N5S.HI/c1-17-7-5-11-21(15-17,25(3)4)16-23-20(22-2)24-18-9-12-26(13-10-18)19-8-6-14-27-19;/h6,8,14,17-18H,5,7,9-13,15-16H2,1-4H3,(H2,22,23,24);1H. The van der Waals surface area contributed by atoms with Gasteiger partial charge in [0.05, 0.1) is 5.00 Å². The summed E-state index contributed by atoms with van der Waals surface area (Å²) >= 11 is 1.84. The molecule has 2 N–H and O–H groups in total. The Labute approximate surface area is 192 Å². The molecule has 0 amide bonds. The third-order valence-electron chi connectivity index (χ3n) is 6.48. The van der Waals surface area contributed by atoms with E-state index in [9.17, 15) is 0 Å². The second-order valence-corrected chi connectivity index (χ2v) is 9.53. The zero-order chi connectivity index (χ0) is 19.3.